The Labute approximate surface area is 294 Å². The molecule has 0 amide bonds. The van der Waals surface area contributed by atoms with Gasteiger partial charge in [-0.1, -0.05) is 51.1 Å². The molecule has 8 rings (SSSR count). The van der Waals surface area contributed by atoms with Gasteiger partial charge in [-0.15, -0.1) is 0 Å². The first-order valence-electron chi connectivity index (χ1n) is 17.9. The van der Waals surface area contributed by atoms with Gasteiger partial charge in [0, 0.05) is 24.5 Å². The summed E-state index contributed by atoms with van der Waals surface area (Å²) in [4.78, 5) is 40.6. The van der Waals surface area contributed by atoms with Crippen LogP contribution in [0.4, 0.5) is 13.2 Å². The first kappa shape index (κ1) is 35.2. The van der Waals surface area contributed by atoms with Crippen LogP contribution in [0.2, 0.25) is 0 Å². The van der Waals surface area contributed by atoms with E-state index in [0.717, 1.165) is 19.2 Å². The molecule has 2 N–H and O–H groups in total. The van der Waals surface area contributed by atoms with Crippen molar-refractivity contribution in [1.82, 2.24) is 0 Å². The van der Waals surface area contributed by atoms with Gasteiger partial charge in [0.1, 0.15) is 17.3 Å². The molecule has 16 atom stereocenters. The van der Waals surface area contributed by atoms with Crippen LogP contribution < -0.4 is 0 Å². The third kappa shape index (κ3) is 4.05. The Bertz CT molecular complexity index is 1700. The molecule has 51 heavy (non-hydrogen) atoms. The second kappa shape index (κ2) is 10.6. The van der Waals surface area contributed by atoms with E-state index < -0.39 is 99.3 Å². The molecule has 1 aromatic rings. The minimum atomic E-state index is -5.17. The number of halogens is 3. The summed E-state index contributed by atoms with van der Waals surface area (Å²) in [5.41, 5.74) is -8.68. The van der Waals surface area contributed by atoms with Crippen LogP contribution in [-0.2, 0) is 43.7 Å². The van der Waals surface area contributed by atoms with E-state index in [2.05, 4.69) is 6.92 Å². The summed E-state index contributed by atoms with van der Waals surface area (Å²) in [5.74, 6) is -6.21. The summed E-state index contributed by atoms with van der Waals surface area (Å²) in [6, 6.07) is 6.58. The molecule has 0 radical (unpaired) electrons. The molecule has 3 aliphatic heterocycles. The summed E-state index contributed by atoms with van der Waals surface area (Å²) < 4.78 is 73.9. The van der Waals surface area contributed by atoms with Crippen molar-refractivity contribution in [2.24, 2.45) is 46.3 Å². The maximum absolute atomic E-state index is 14.8. The Morgan fingerprint density at radius 1 is 1.02 bits per heavy atom. The molecule has 10 nitrogen and oxygen atoms in total. The van der Waals surface area contributed by atoms with E-state index in [0.29, 0.717) is 25.7 Å². The highest BCUT2D eigenvalue weighted by Gasteiger charge is 2.83. The monoisotopic (exact) mass is 718 g/mol. The molecular formula is C38H45F3O10. The van der Waals surface area contributed by atoms with Gasteiger partial charge in [-0.2, -0.15) is 13.2 Å². The van der Waals surface area contributed by atoms with E-state index in [1.54, 1.807) is 27.7 Å². The smallest absolute Gasteiger partial charge is 0.432 e. The largest absolute Gasteiger partial charge is 0.452 e. The number of allylic oxidation sites excluding steroid dienone is 1. The van der Waals surface area contributed by atoms with Gasteiger partial charge in [0.15, 0.2) is 11.9 Å². The lowest BCUT2D eigenvalue weighted by Gasteiger charge is -2.60. The Hall–Kier alpha value is -2.84. The van der Waals surface area contributed by atoms with Crippen LogP contribution in [0.1, 0.15) is 65.9 Å². The van der Waals surface area contributed by atoms with Gasteiger partial charge < -0.3 is 33.9 Å². The number of carbonyl (C=O) groups is 3. The Morgan fingerprint density at radius 2 is 1.71 bits per heavy atom. The standard InChI is InChI=1S/C38H45F3O10/c1-18-19(2)37(51-29(18)43)30(44)34(5,46)28-24(49-37)17-23-21-16-27-36(50-27)26(13-12-25(42)33(36,4)22(21)14-15-32(23,28)3)48-31(45)35(47-6,38(39,40)41)20-10-8-7-9-11-20/h7-13,18-19,21-24,26-28,30,44,46H,14-17H2,1-6H3/t18-,19-,21-,22+,23+,24+,26+,27-,28+,30+,32+,33+,34-,35-,36-,37+/m1/s1. The molecule has 3 heterocycles. The number of rotatable bonds is 4. The van der Waals surface area contributed by atoms with Crippen molar-refractivity contribution < 1.29 is 61.5 Å². The van der Waals surface area contributed by atoms with E-state index in [4.69, 9.17) is 23.7 Å². The fourth-order valence-electron chi connectivity index (χ4n) is 12.2. The summed E-state index contributed by atoms with van der Waals surface area (Å²) in [6.45, 7) is 8.94. The molecule has 0 unspecified atom stereocenters. The molecule has 6 fully saturated rings. The van der Waals surface area contributed by atoms with E-state index >= 15 is 0 Å². The van der Waals surface area contributed by atoms with Crippen molar-refractivity contribution >= 4 is 17.7 Å². The van der Waals surface area contributed by atoms with E-state index in [-0.39, 0.29) is 23.5 Å². The number of methoxy groups -OCH3 is 1. The number of fused-ring (bicyclic) bond motifs is 6. The van der Waals surface area contributed by atoms with Crippen LogP contribution >= 0.6 is 0 Å². The number of alkyl halides is 3. The van der Waals surface area contributed by atoms with Crippen molar-refractivity contribution in [3.63, 3.8) is 0 Å². The molecule has 0 bridgehead atoms. The van der Waals surface area contributed by atoms with E-state index in [9.17, 15) is 37.8 Å². The predicted molar refractivity (Wildman–Crippen MR) is 170 cm³/mol. The van der Waals surface area contributed by atoms with E-state index in [1.807, 2.05) is 0 Å². The molecule has 7 aliphatic rings. The summed E-state index contributed by atoms with van der Waals surface area (Å²) in [6.07, 6.45) is -4.51. The van der Waals surface area contributed by atoms with Crippen molar-refractivity contribution in [2.75, 3.05) is 7.11 Å². The van der Waals surface area contributed by atoms with Gasteiger partial charge in [-0.05, 0) is 74.9 Å². The minimum Gasteiger partial charge on any atom is -0.452 e. The van der Waals surface area contributed by atoms with Crippen LogP contribution in [0.3, 0.4) is 0 Å². The highest BCUT2D eigenvalue weighted by Crippen LogP contribution is 2.75. The molecular weight excluding hydrogens is 673 g/mol. The predicted octanol–water partition coefficient (Wildman–Crippen LogP) is 4.39. The molecule has 1 aromatic carbocycles. The summed E-state index contributed by atoms with van der Waals surface area (Å²) >= 11 is 0. The highest BCUT2D eigenvalue weighted by molar-refractivity contribution is 5.98. The fourth-order valence-corrected chi connectivity index (χ4v) is 12.2. The summed E-state index contributed by atoms with van der Waals surface area (Å²) in [7, 11) is 0.810. The Morgan fingerprint density at radius 3 is 2.31 bits per heavy atom. The van der Waals surface area contributed by atoms with Crippen molar-refractivity contribution in [1.29, 1.82) is 0 Å². The van der Waals surface area contributed by atoms with Crippen LogP contribution in [0, 0.1) is 46.3 Å². The van der Waals surface area contributed by atoms with Crippen LogP contribution in [-0.4, -0.2) is 82.6 Å². The molecule has 3 saturated carbocycles. The van der Waals surface area contributed by atoms with Crippen molar-refractivity contribution in [3.05, 3.63) is 48.0 Å². The number of hydrogen-bond donors (Lipinski definition) is 2. The number of ketones is 1. The van der Waals surface area contributed by atoms with Crippen LogP contribution in [0.15, 0.2) is 42.5 Å². The summed E-state index contributed by atoms with van der Waals surface area (Å²) in [5, 5.41) is 23.9. The lowest BCUT2D eigenvalue weighted by molar-refractivity contribution is -0.368. The lowest BCUT2D eigenvalue weighted by Crippen LogP contribution is -2.71. The third-order valence-corrected chi connectivity index (χ3v) is 14.9. The lowest BCUT2D eigenvalue weighted by atomic mass is 9.44. The number of carbonyl (C=O) groups excluding carboxylic acids is 3. The number of ether oxygens (including phenoxy) is 5. The normalized spacial score (nSPS) is 50.6. The second-order valence-electron chi connectivity index (χ2n) is 16.8. The second-order valence-corrected chi connectivity index (χ2v) is 16.8. The van der Waals surface area contributed by atoms with Crippen LogP contribution in [0.25, 0.3) is 0 Å². The number of benzene rings is 1. The van der Waals surface area contributed by atoms with Crippen LogP contribution in [0.5, 0.6) is 0 Å². The average Bonchev–Trinajstić information content (AvgIpc) is 3.66. The number of aliphatic hydroxyl groups excluding tert-OH is 1. The molecule has 0 aromatic heterocycles. The zero-order valence-electron chi connectivity index (χ0n) is 29.4. The maximum atomic E-state index is 14.8. The first-order chi connectivity index (χ1) is 23.8. The van der Waals surface area contributed by atoms with Gasteiger partial charge in [0.05, 0.1) is 23.5 Å². The van der Waals surface area contributed by atoms with Gasteiger partial charge in [-0.25, -0.2) is 4.79 Å². The zero-order chi connectivity index (χ0) is 36.9. The topological polar surface area (TPSA) is 141 Å². The van der Waals surface area contributed by atoms with Gasteiger partial charge >= 0.3 is 18.1 Å². The maximum Gasteiger partial charge on any atom is 0.432 e. The minimum absolute atomic E-state index is 0.104. The molecule has 3 saturated heterocycles. The van der Waals surface area contributed by atoms with Gasteiger partial charge in [-0.3, -0.25) is 9.59 Å². The zero-order valence-corrected chi connectivity index (χ0v) is 29.4. The molecule has 4 aliphatic carbocycles. The molecule has 278 valence electrons. The number of aliphatic hydroxyl groups is 2. The highest BCUT2D eigenvalue weighted by atomic mass is 19.4. The fraction of sp³-hybridized carbons (Fsp3) is 0.711. The molecule has 2 spiro atoms. The number of epoxide rings is 1. The van der Waals surface area contributed by atoms with E-state index in [1.165, 1.54) is 30.4 Å². The number of esters is 2. The van der Waals surface area contributed by atoms with Gasteiger partial charge in [0.25, 0.3) is 5.60 Å². The first-order valence-corrected chi connectivity index (χ1v) is 17.9. The SMILES string of the molecule is CO[C@@](C(=O)O[C@H]1C=CC(=O)[C@]2(C)[C@H]3CC[C@]4(C)[C@@H]5[C@H](C[C@H]4[C@@H]3C[C@H]3O[C@]132)O[C@@]1(OC(=O)[C@H](C)[C@H]1C)[C@@H](O)[C@]5(C)O)(c1ccccc1)C(F)(F)F. The van der Waals surface area contributed by atoms with Crippen molar-refractivity contribution in [3.8, 4) is 0 Å². The average molecular weight is 719 g/mol. The number of hydrogen-bond acceptors (Lipinski definition) is 10. The third-order valence-electron chi connectivity index (χ3n) is 14.9. The van der Waals surface area contributed by atoms with Crippen molar-refractivity contribution in [2.45, 2.75) is 113 Å². The molecule has 13 heteroatoms. The Kier molecular flexibility index (Phi) is 7.35. The quantitative estimate of drug-likeness (QED) is 0.340. The van der Waals surface area contributed by atoms with Gasteiger partial charge in [0.2, 0.25) is 5.79 Å². The Balaban J connectivity index is 1.12.